The van der Waals surface area contributed by atoms with Crippen LogP contribution in [0.3, 0.4) is 0 Å². The molecule has 0 rings (SSSR count). The SMILES string of the molecule is CNC(=C(N)C(C)C)C(C)C. The summed E-state index contributed by atoms with van der Waals surface area (Å²) >= 11 is 0. The van der Waals surface area contributed by atoms with Crippen LogP contribution in [0.5, 0.6) is 0 Å². The summed E-state index contributed by atoms with van der Waals surface area (Å²) in [4.78, 5) is 0. The van der Waals surface area contributed by atoms with Crippen molar-refractivity contribution < 1.29 is 0 Å². The first kappa shape index (κ1) is 10.3. The van der Waals surface area contributed by atoms with Gasteiger partial charge in [-0.25, -0.2) is 0 Å². The predicted octanol–water partition coefficient (Wildman–Crippen LogP) is 1.69. The highest BCUT2D eigenvalue weighted by Gasteiger charge is 2.08. The number of rotatable bonds is 3. The van der Waals surface area contributed by atoms with E-state index in [4.69, 9.17) is 5.73 Å². The van der Waals surface area contributed by atoms with Gasteiger partial charge >= 0.3 is 0 Å². The van der Waals surface area contributed by atoms with Crippen molar-refractivity contribution >= 4 is 0 Å². The maximum Gasteiger partial charge on any atom is 0.0323 e. The minimum Gasteiger partial charge on any atom is -0.400 e. The van der Waals surface area contributed by atoms with E-state index in [1.165, 1.54) is 5.70 Å². The van der Waals surface area contributed by atoms with Gasteiger partial charge in [-0.2, -0.15) is 0 Å². The molecule has 0 radical (unpaired) electrons. The summed E-state index contributed by atoms with van der Waals surface area (Å²) in [6.07, 6.45) is 0. The maximum atomic E-state index is 5.89. The van der Waals surface area contributed by atoms with Gasteiger partial charge in [0.15, 0.2) is 0 Å². The van der Waals surface area contributed by atoms with Gasteiger partial charge in [-0.15, -0.1) is 0 Å². The molecule has 0 fully saturated rings. The van der Waals surface area contributed by atoms with E-state index in [1.54, 1.807) is 0 Å². The minimum absolute atomic E-state index is 0.430. The largest absolute Gasteiger partial charge is 0.400 e. The Balaban J connectivity index is 4.54. The second-order valence-electron chi connectivity index (χ2n) is 3.43. The van der Waals surface area contributed by atoms with E-state index in [0.29, 0.717) is 11.8 Å². The maximum absolute atomic E-state index is 5.89. The van der Waals surface area contributed by atoms with Gasteiger partial charge < -0.3 is 11.1 Å². The molecule has 0 aliphatic rings. The van der Waals surface area contributed by atoms with Crippen LogP contribution in [0.4, 0.5) is 0 Å². The fourth-order valence-corrected chi connectivity index (χ4v) is 1.08. The molecule has 0 aromatic heterocycles. The summed E-state index contributed by atoms with van der Waals surface area (Å²) in [6.45, 7) is 8.49. The molecule has 0 saturated heterocycles. The van der Waals surface area contributed by atoms with Gasteiger partial charge in [0.05, 0.1) is 0 Å². The molecule has 0 saturated carbocycles. The molecule has 0 atom stereocenters. The first-order valence-electron chi connectivity index (χ1n) is 4.18. The summed E-state index contributed by atoms with van der Waals surface area (Å²) < 4.78 is 0. The summed E-state index contributed by atoms with van der Waals surface area (Å²) in [6, 6.07) is 0. The topological polar surface area (TPSA) is 38.0 Å². The smallest absolute Gasteiger partial charge is 0.0323 e. The van der Waals surface area contributed by atoms with Crippen LogP contribution in [-0.4, -0.2) is 7.05 Å². The molecule has 0 aromatic rings. The van der Waals surface area contributed by atoms with Crippen molar-refractivity contribution in [1.82, 2.24) is 5.32 Å². The van der Waals surface area contributed by atoms with E-state index < -0.39 is 0 Å². The van der Waals surface area contributed by atoms with Crippen molar-refractivity contribution in [2.45, 2.75) is 27.7 Å². The van der Waals surface area contributed by atoms with E-state index in [-0.39, 0.29) is 0 Å². The highest BCUT2D eigenvalue weighted by Crippen LogP contribution is 2.13. The van der Waals surface area contributed by atoms with Crippen molar-refractivity contribution in [3.05, 3.63) is 11.4 Å². The molecule has 3 N–H and O–H groups in total. The summed E-state index contributed by atoms with van der Waals surface area (Å²) in [5.74, 6) is 0.919. The van der Waals surface area contributed by atoms with Crippen LogP contribution in [-0.2, 0) is 0 Å². The molecule has 0 aliphatic heterocycles. The molecule has 2 nitrogen and oxygen atoms in total. The zero-order valence-corrected chi connectivity index (χ0v) is 8.23. The number of nitrogens with one attached hydrogen (secondary N) is 1. The molecule has 0 amide bonds. The molecule has 66 valence electrons. The van der Waals surface area contributed by atoms with Crippen LogP contribution < -0.4 is 11.1 Å². The molecular formula is C9H20N2. The Bertz CT molecular complexity index is 146. The van der Waals surface area contributed by atoms with Gasteiger partial charge in [-0.1, -0.05) is 27.7 Å². The monoisotopic (exact) mass is 156 g/mol. The average Bonchev–Trinajstić information content (AvgIpc) is 1.88. The molecule has 0 aliphatic carbocycles. The number of hydrogen-bond acceptors (Lipinski definition) is 2. The molecular weight excluding hydrogens is 136 g/mol. The van der Waals surface area contributed by atoms with Crippen molar-refractivity contribution in [2.75, 3.05) is 7.05 Å². The highest BCUT2D eigenvalue weighted by atomic mass is 14.9. The standard InChI is InChI=1S/C9H20N2/c1-6(2)8(10)9(11-5)7(3)4/h6-7,11H,10H2,1-5H3. The molecule has 11 heavy (non-hydrogen) atoms. The van der Waals surface area contributed by atoms with Crippen molar-refractivity contribution in [1.29, 1.82) is 0 Å². The summed E-state index contributed by atoms with van der Waals surface area (Å²) in [5, 5.41) is 3.14. The number of hydrogen-bond donors (Lipinski definition) is 2. The van der Waals surface area contributed by atoms with Crippen molar-refractivity contribution in [3.63, 3.8) is 0 Å². The van der Waals surface area contributed by atoms with E-state index in [9.17, 15) is 0 Å². The van der Waals surface area contributed by atoms with E-state index >= 15 is 0 Å². The zero-order valence-electron chi connectivity index (χ0n) is 8.23. The molecule has 2 heteroatoms. The fraction of sp³-hybridized carbons (Fsp3) is 0.778. The Hall–Kier alpha value is -0.660. The lowest BCUT2D eigenvalue weighted by atomic mass is 10.0. The molecule has 0 unspecified atom stereocenters. The first-order chi connectivity index (χ1) is 5.00. The Morgan fingerprint density at radius 3 is 1.64 bits per heavy atom. The zero-order chi connectivity index (χ0) is 9.02. The van der Waals surface area contributed by atoms with Gasteiger partial charge in [0.2, 0.25) is 0 Å². The van der Waals surface area contributed by atoms with Gasteiger partial charge in [-0.05, 0) is 11.8 Å². The van der Waals surface area contributed by atoms with Crippen LogP contribution in [0.2, 0.25) is 0 Å². The van der Waals surface area contributed by atoms with Crippen molar-refractivity contribution in [3.8, 4) is 0 Å². The third-order valence-electron chi connectivity index (χ3n) is 1.78. The fourth-order valence-electron chi connectivity index (χ4n) is 1.08. The van der Waals surface area contributed by atoms with Crippen LogP contribution in [0.1, 0.15) is 27.7 Å². The van der Waals surface area contributed by atoms with Gasteiger partial charge in [0.1, 0.15) is 0 Å². The molecule has 0 heterocycles. The van der Waals surface area contributed by atoms with Crippen LogP contribution >= 0.6 is 0 Å². The van der Waals surface area contributed by atoms with E-state index in [1.807, 2.05) is 7.05 Å². The van der Waals surface area contributed by atoms with Crippen molar-refractivity contribution in [2.24, 2.45) is 17.6 Å². The van der Waals surface area contributed by atoms with Gasteiger partial charge in [0, 0.05) is 18.4 Å². The second kappa shape index (κ2) is 4.27. The first-order valence-corrected chi connectivity index (χ1v) is 4.18. The third-order valence-corrected chi connectivity index (χ3v) is 1.78. The predicted molar refractivity (Wildman–Crippen MR) is 49.9 cm³/mol. The normalized spacial score (nSPS) is 13.7. The lowest BCUT2D eigenvalue weighted by Gasteiger charge is -2.17. The Kier molecular flexibility index (Phi) is 4.01. The number of nitrogens with two attached hydrogens (primary N) is 1. The third kappa shape index (κ3) is 2.83. The average molecular weight is 156 g/mol. The van der Waals surface area contributed by atoms with E-state index in [2.05, 4.69) is 33.0 Å². The lowest BCUT2D eigenvalue weighted by Crippen LogP contribution is -2.21. The second-order valence-corrected chi connectivity index (χ2v) is 3.43. The summed E-state index contributed by atoms with van der Waals surface area (Å²) in [5.41, 5.74) is 8.03. The van der Waals surface area contributed by atoms with Crippen LogP contribution in [0.15, 0.2) is 11.4 Å². The van der Waals surface area contributed by atoms with Crippen LogP contribution in [0.25, 0.3) is 0 Å². The Morgan fingerprint density at radius 1 is 1.09 bits per heavy atom. The number of allylic oxidation sites excluding steroid dienone is 2. The molecule has 0 aromatic carbocycles. The van der Waals surface area contributed by atoms with Gasteiger partial charge in [0.25, 0.3) is 0 Å². The quantitative estimate of drug-likeness (QED) is 0.652. The highest BCUT2D eigenvalue weighted by molar-refractivity contribution is 5.12. The Morgan fingerprint density at radius 2 is 1.55 bits per heavy atom. The van der Waals surface area contributed by atoms with Gasteiger partial charge in [-0.3, -0.25) is 0 Å². The Labute approximate surface area is 69.9 Å². The molecule has 0 bridgehead atoms. The molecule has 0 spiro atoms. The van der Waals surface area contributed by atoms with Crippen LogP contribution in [0, 0.1) is 11.8 Å². The summed E-state index contributed by atoms with van der Waals surface area (Å²) in [7, 11) is 1.92. The van der Waals surface area contributed by atoms with E-state index in [0.717, 1.165) is 5.70 Å². The minimum atomic E-state index is 0.430. The lowest BCUT2D eigenvalue weighted by molar-refractivity contribution is 0.636.